The maximum atomic E-state index is 12.6. The molecule has 1 aromatic rings. The Balaban J connectivity index is 1.34. The third-order valence-corrected chi connectivity index (χ3v) is 5.97. The number of hydrogen-bond acceptors (Lipinski definition) is 4. The average Bonchev–Trinajstić information content (AvgIpc) is 2.69. The number of benzene rings is 1. The number of nitrogens with one attached hydrogen (secondary N) is 1. The van der Waals surface area contributed by atoms with Crippen molar-refractivity contribution >= 4 is 6.03 Å². The van der Waals surface area contributed by atoms with Crippen LogP contribution < -0.4 is 10.1 Å². The molecule has 1 N–H and O–H groups in total. The number of piperazine rings is 1. The lowest BCUT2D eigenvalue weighted by Gasteiger charge is -2.38. The van der Waals surface area contributed by atoms with Crippen LogP contribution in [0.1, 0.15) is 25.3 Å². The molecule has 0 bridgehead atoms. The van der Waals surface area contributed by atoms with Gasteiger partial charge in [-0.05, 0) is 51.3 Å². The van der Waals surface area contributed by atoms with Crippen LogP contribution in [0.25, 0.3) is 0 Å². The smallest absolute Gasteiger partial charge is 0.317 e. The predicted octanol–water partition coefficient (Wildman–Crippen LogP) is 2.43. The van der Waals surface area contributed by atoms with Crippen molar-refractivity contribution in [1.82, 2.24) is 20.0 Å². The van der Waals surface area contributed by atoms with Crippen molar-refractivity contribution in [3.05, 3.63) is 29.8 Å². The quantitative estimate of drug-likeness (QED) is 0.813. The second-order valence-corrected chi connectivity index (χ2v) is 8.46. The van der Waals surface area contributed by atoms with Crippen LogP contribution in [0.3, 0.4) is 0 Å². The largest absolute Gasteiger partial charge is 0.491 e. The molecule has 1 aromatic carbocycles. The lowest BCUT2D eigenvalue weighted by molar-refractivity contribution is 0.110. The van der Waals surface area contributed by atoms with Crippen LogP contribution in [0.4, 0.5) is 4.79 Å². The predicted molar refractivity (Wildman–Crippen MR) is 113 cm³/mol. The molecule has 3 rings (SSSR count). The molecular formula is C22H36N4O2. The summed E-state index contributed by atoms with van der Waals surface area (Å²) in [6.45, 7) is 12.1. The molecule has 2 aliphatic heterocycles. The third kappa shape index (κ3) is 6.11. The van der Waals surface area contributed by atoms with E-state index < -0.39 is 0 Å². The molecule has 0 radical (unpaired) electrons. The summed E-state index contributed by atoms with van der Waals surface area (Å²) < 4.78 is 5.85. The van der Waals surface area contributed by atoms with E-state index in [4.69, 9.17) is 4.74 Å². The minimum absolute atomic E-state index is 0.0184. The van der Waals surface area contributed by atoms with Crippen molar-refractivity contribution in [1.29, 1.82) is 0 Å². The molecule has 2 fully saturated rings. The van der Waals surface area contributed by atoms with Gasteiger partial charge in [0.2, 0.25) is 0 Å². The van der Waals surface area contributed by atoms with Crippen LogP contribution in [0.2, 0.25) is 0 Å². The van der Waals surface area contributed by atoms with Gasteiger partial charge in [0.15, 0.2) is 0 Å². The number of likely N-dealkylation sites (tertiary alicyclic amines) is 1. The minimum atomic E-state index is -0.0184. The minimum Gasteiger partial charge on any atom is -0.491 e. The summed E-state index contributed by atoms with van der Waals surface area (Å²) in [6, 6.07) is 7.99. The second kappa shape index (κ2) is 10.1. The summed E-state index contributed by atoms with van der Waals surface area (Å²) >= 11 is 0. The third-order valence-electron chi connectivity index (χ3n) is 5.97. The van der Waals surface area contributed by atoms with Gasteiger partial charge in [-0.3, -0.25) is 0 Å². The Morgan fingerprint density at radius 3 is 2.50 bits per heavy atom. The monoisotopic (exact) mass is 388 g/mol. The number of carbonyl (C=O) groups is 1. The van der Waals surface area contributed by atoms with E-state index in [0.717, 1.165) is 37.2 Å². The fourth-order valence-corrected chi connectivity index (χ4v) is 3.99. The fourth-order valence-electron chi connectivity index (χ4n) is 3.99. The standard InChI is InChI=1S/C22H36N4O2/c1-18-6-4-5-7-21(18)28-17-19(2)23-22(27)26-10-8-20(9-11-26)16-25-14-12-24(3)13-15-25/h4-7,19-20H,8-17H2,1-3H3,(H,23,27)/t19-/m1/s1. The molecular weight excluding hydrogens is 352 g/mol. The summed E-state index contributed by atoms with van der Waals surface area (Å²) in [5.74, 6) is 1.60. The number of rotatable bonds is 6. The van der Waals surface area contributed by atoms with E-state index in [-0.39, 0.29) is 12.1 Å². The van der Waals surface area contributed by atoms with E-state index in [0.29, 0.717) is 12.5 Å². The lowest BCUT2D eigenvalue weighted by Crippen LogP contribution is -2.50. The van der Waals surface area contributed by atoms with Gasteiger partial charge in [-0.25, -0.2) is 4.79 Å². The van der Waals surface area contributed by atoms with Gasteiger partial charge in [-0.2, -0.15) is 0 Å². The molecule has 6 heteroatoms. The number of carbonyl (C=O) groups excluding carboxylic acids is 1. The normalized spacial score (nSPS) is 20.8. The maximum Gasteiger partial charge on any atom is 0.317 e. The first-order valence-electron chi connectivity index (χ1n) is 10.7. The number of piperidine rings is 1. The van der Waals surface area contributed by atoms with E-state index in [9.17, 15) is 4.79 Å². The number of para-hydroxylation sites is 1. The number of likely N-dealkylation sites (N-methyl/N-ethyl adjacent to an activating group) is 1. The Bertz CT molecular complexity index is 623. The highest BCUT2D eigenvalue weighted by Crippen LogP contribution is 2.20. The van der Waals surface area contributed by atoms with Gasteiger partial charge in [0.25, 0.3) is 0 Å². The molecule has 0 aliphatic carbocycles. The lowest BCUT2D eigenvalue weighted by atomic mass is 9.96. The van der Waals surface area contributed by atoms with Crippen LogP contribution >= 0.6 is 0 Å². The molecule has 2 amide bonds. The molecule has 2 heterocycles. The van der Waals surface area contributed by atoms with Crippen molar-refractivity contribution in [2.45, 2.75) is 32.7 Å². The zero-order valence-corrected chi connectivity index (χ0v) is 17.7. The van der Waals surface area contributed by atoms with E-state index in [1.807, 2.05) is 43.0 Å². The van der Waals surface area contributed by atoms with Crippen LogP contribution in [-0.4, -0.2) is 86.2 Å². The zero-order chi connectivity index (χ0) is 19.9. The highest BCUT2D eigenvalue weighted by atomic mass is 16.5. The Morgan fingerprint density at radius 2 is 1.82 bits per heavy atom. The molecule has 2 aliphatic rings. The number of amides is 2. The van der Waals surface area contributed by atoms with Crippen molar-refractivity contribution in [2.24, 2.45) is 5.92 Å². The van der Waals surface area contributed by atoms with Gasteiger partial charge in [0, 0.05) is 45.8 Å². The molecule has 156 valence electrons. The van der Waals surface area contributed by atoms with Crippen molar-refractivity contribution in [2.75, 3.05) is 59.5 Å². The maximum absolute atomic E-state index is 12.6. The van der Waals surface area contributed by atoms with Crippen LogP contribution in [0, 0.1) is 12.8 Å². The number of urea groups is 1. The highest BCUT2D eigenvalue weighted by Gasteiger charge is 2.26. The number of nitrogens with zero attached hydrogens (tertiary/aromatic N) is 3. The Labute approximate surface area is 169 Å². The molecule has 2 saturated heterocycles. The molecule has 0 saturated carbocycles. The summed E-state index contributed by atoms with van der Waals surface area (Å²) in [4.78, 5) is 19.5. The first-order valence-corrected chi connectivity index (χ1v) is 10.7. The molecule has 0 unspecified atom stereocenters. The van der Waals surface area contributed by atoms with Crippen molar-refractivity contribution in [3.8, 4) is 5.75 Å². The van der Waals surface area contributed by atoms with E-state index in [1.54, 1.807) is 0 Å². The molecule has 6 nitrogen and oxygen atoms in total. The summed E-state index contributed by atoms with van der Waals surface area (Å²) in [5.41, 5.74) is 1.11. The molecule has 0 spiro atoms. The SMILES string of the molecule is Cc1ccccc1OC[C@@H](C)NC(=O)N1CCC(CN2CCN(C)CC2)CC1. The van der Waals surface area contributed by atoms with Gasteiger partial charge >= 0.3 is 6.03 Å². The van der Waals surface area contributed by atoms with E-state index >= 15 is 0 Å². The number of ether oxygens (including phenoxy) is 1. The number of hydrogen-bond donors (Lipinski definition) is 1. The zero-order valence-electron chi connectivity index (χ0n) is 17.7. The molecule has 1 atom stereocenters. The summed E-state index contributed by atoms with van der Waals surface area (Å²) in [6.07, 6.45) is 2.21. The Morgan fingerprint density at radius 1 is 1.14 bits per heavy atom. The van der Waals surface area contributed by atoms with Crippen LogP contribution in [-0.2, 0) is 0 Å². The average molecular weight is 389 g/mol. The van der Waals surface area contributed by atoms with Gasteiger partial charge in [-0.1, -0.05) is 18.2 Å². The Kier molecular flexibility index (Phi) is 7.57. The first-order chi connectivity index (χ1) is 13.5. The van der Waals surface area contributed by atoms with Gasteiger partial charge in [0.05, 0.1) is 6.04 Å². The summed E-state index contributed by atoms with van der Waals surface area (Å²) in [5, 5.41) is 3.09. The van der Waals surface area contributed by atoms with Gasteiger partial charge in [0.1, 0.15) is 12.4 Å². The summed E-state index contributed by atoms with van der Waals surface area (Å²) in [7, 11) is 2.20. The van der Waals surface area contributed by atoms with E-state index in [1.165, 1.54) is 32.7 Å². The van der Waals surface area contributed by atoms with Crippen molar-refractivity contribution in [3.63, 3.8) is 0 Å². The van der Waals surface area contributed by atoms with Gasteiger partial charge in [-0.15, -0.1) is 0 Å². The Hall–Kier alpha value is -1.79. The second-order valence-electron chi connectivity index (χ2n) is 8.46. The topological polar surface area (TPSA) is 48.1 Å². The van der Waals surface area contributed by atoms with Crippen LogP contribution in [0.15, 0.2) is 24.3 Å². The van der Waals surface area contributed by atoms with Crippen molar-refractivity contribution < 1.29 is 9.53 Å². The first kappa shape index (κ1) is 20.9. The number of aryl methyl sites for hydroxylation is 1. The molecule has 28 heavy (non-hydrogen) atoms. The highest BCUT2D eigenvalue weighted by molar-refractivity contribution is 5.74. The van der Waals surface area contributed by atoms with Crippen LogP contribution in [0.5, 0.6) is 5.75 Å². The molecule has 0 aromatic heterocycles. The van der Waals surface area contributed by atoms with Gasteiger partial charge < -0.3 is 24.8 Å². The fraction of sp³-hybridized carbons (Fsp3) is 0.682. The van der Waals surface area contributed by atoms with E-state index in [2.05, 4.69) is 22.2 Å².